The number of benzene rings is 1. The lowest BCUT2D eigenvalue weighted by atomic mass is 9.57. The number of nitrogens with one attached hydrogen (secondary N) is 1. The maximum atomic E-state index is 13.5. The Kier molecular flexibility index (Phi) is 4.89. The molecule has 8 rings (SSSR count). The smallest absolute Gasteiger partial charge is 0.214 e. The summed E-state index contributed by atoms with van der Waals surface area (Å²) in [4.78, 5) is 4.80. The summed E-state index contributed by atoms with van der Waals surface area (Å²) in [5.41, 5.74) is 2.22. The van der Waals surface area contributed by atoms with Gasteiger partial charge in [-0.1, -0.05) is 23.8 Å². The van der Waals surface area contributed by atoms with Crippen molar-refractivity contribution in [2.75, 3.05) is 0 Å². The summed E-state index contributed by atoms with van der Waals surface area (Å²) in [6.07, 6.45) is 11.4. The summed E-state index contributed by atoms with van der Waals surface area (Å²) in [7, 11) is -6.92. The molecule has 194 valence electrons. The van der Waals surface area contributed by atoms with E-state index < -0.39 is 25.1 Å². The lowest BCUT2D eigenvalue weighted by molar-refractivity contribution is 0.0879. The molecule has 1 N–H and O–H groups in total. The molecule has 0 radical (unpaired) electrons. The van der Waals surface area contributed by atoms with Crippen molar-refractivity contribution >= 4 is 31.6 Å². The average molecular weight is 540 g/mol. The molecule has 0 amide bonds. The third-order valence-corrected chi connectivity index (χ3v) is 13.0. The van der Waals surface area contributed by atoms with Gasteiger partial charge in [0, 0.05) is 11.0 Å². The van der Waals surface area contributed by atoms with Crippen LogP contribution in [0.1, 0.15) is 79.4 Å². The van der Waals surface area contributed by atoms with E-state index in [0.717, 1.165) is 62.8 Å². The van der Waals surface area contributed by atoms with E-state index in [1.807, 2.05) is 17.4 Å². The van der Waals surface area contributed by atoms with Crippen molar-refractivity contribution in [1.82, 2.24) is 24.3 Å². The van der Waals surface area contributed by atoms with Gasteiger partial charge in [-0.3, -0.25) is 9.38 Å². The summed E-state index contributed by atoms with van der Waals surface area (Å²) < 4.78 is 57.4. The van der Waals surface area contributed by atoms with Crippen LogP contribution in [0.3, 0.4) is 0 Å². The molecular formula is C26H29N5O4S2. The topological polar surface area (TPSA) is 123 Å². The Bertz CT molecular complexity index is 1650. The quantitative estimate of drug-likeness (QED) is 0.509. The Morgan fingerprint density at radius 3 is 2.27 bits per heavy atom. The Morgan fingerprint density at radius 1 is 0.946 bits per heavy atom. The standard InChI is InChI=1S/C26H29N5O4S2/c1-17-2-4-18(5-3-17)36(32,33)21-9-8-20-23(21)27-16-22-28-29-24(31(20)22)25-10-13-26(14-11-25,15-12-25)30-37(34,35)19-6-7-19/h2-5,8-9,16,19,21,30H,6-7,10-15H2,1H3. The highest BCUT2D eigenvalue weighted by molar-refractivity contribution is 7.92. The summed E-state index contributed by atoms with van der Waals surface area (Å²) in [5.74, 6) is 0.831. The fourth-order valence-corrected chi connectivity index (χ4v) is 9.88. The molecule has 0 saturated heterocycles. The van der Waals surface area contributed by atoms with Gasteiger partial charge in [-0.05, 0) is 76.5 Å². The lowest BCUT2D eigenvalue weighted by Gasteiger charge is -2.52. The van der Waals surface area contributed by atoms with Crippen LogP contribution in [0.4, 0.5) is 0 Å². The second-order valence-corrected chi connectivity index (χ2v) is 15.3. The predicted molar refractivity (Wildman–Crippen MR) is 138 cm³/mol. The van der Waals surface area contributed by atoms with E-state index in [1.54, 1.807) is 36.5 Å². The highest BCUT2D eigenvalue weighted by Crippen LogP contribution is 2.54. The van der Waals surface area contributed by atoms with E-state index in [4.69, 9.17) is 0 Å². The van der Waals surface area contributed by atoms with Crippen molar-refractivity contribution in [2.45, 2.75) is 84.6 Å². The molecule has 0 aliphatic heterocycles. The Labute approximate surface area is 216 Å². The number of nitrogens with zero attached hydrogens (tertiary/aromatic N) is 4. The monoisotopic (exact) mass is 539 g/mol. The first-order chi connectivity index (χ1) is 17.6. The lowest BCUT2D eigenvalue weighted by Crippen LogP contribution is -2.58. The molecule has 9 nitrogen and oxygen atoms in total. The van der Waals surface area contributed by atoms with Crippen LogP contribution in [-0.2, 0) is 25.3 Å². The minimum atomic E-state index is -3.67. The van der Waals surface area contributed by atoms with E-state index >= 15 is 0 Å². The molecule has 4 saturated carbocycles. The van der Waals surface area contributed by atoms with Crippen molar-refractivity contribution in [2.24, 2.45) is 0 Å². The minimum absolute atomic E-state index is 0.219. The van der Waals surface area contributed by atoms with Crippen molar-refractivity contribution in [3.63, 3.8) is 0 Å². The van der Waals surface area contributed by atoms with Gasteiger partial charge in [0.1, 0.15) is 11.1 Å². The zero-order valence-corrected chi connectivity index (χ0v) is 22.2. The molecule has 37 heavy (non-hydrogen) atoms. The third-order valence-electron chi connectivity index (χ3n) is 8.94. The van der Waals surface area contributed by atoms with Crippen LogP contribution in [0, 0.1) is 6.92 Å². The van der Waals surface area contributed by atoms with E-state index in [-0.39, 0.29) is 21.1 Å². The number of aromatic nitrogens is 4. The fraction of sp³-hybridized carbons (Fsp3) is 0.500. The molecule has 2 bridgehead atoms. The van der Waals surface area contributed by atoms with Gasteiger partial charge in [-0.2, -0.15) is 0 Å². The SMILES string of the molecule is Cc1ccc(S(=O)(=O)C2C=Cc3c2ncc2nnc(C45CCC(NS(=O)(=O)C6CC6)(CC4)CC5)n32)cc1. The molecule has 1 aromatic carbocycles. The largest absolute Gasteiger partial charge is 0.276 e. The molecule has 1 unspecified atom stereocenters. The van der Waals surface area contributed by atoms with Crippen molar-refractivity contribution < 1.29 is 16.8 Å². The number of sulfonamides is 1. The highest BCUT2D eigenvalue weighted by atomic mass is 32.2. The van der Waals surface area contributed by atoms with Crippen LogP contribution < -0.4 is 4.72 Å². The van der Waals surface area contributed by atoms with E-state index in [1.165, 1.54) is 0 Å². The number of rotatable bonds is 6. The maximum absolute atomic E-state index is 13.5. The van der Waals surface area contributed by atoms with Crippen LogP contribution in [0.15, 0.2) is 41.4 Å². The van der Waals surface area contributed by atoms with Gasteiger partial charge in [0.05, 0.1) is 27.7 Å². The van der Waals surface area contributed by atoms with Crippen LogP contribution >= 0.6 is 0 Å². The predicted octanol–water partition coefficient (Wildman–Crippen LogP) is 3.40. The number of hydrogen-bond acceptors (Lipinski definition) is 7. The summed E-state index contributed by atoms with van der Waals surface area (Å²) in [6.45, 7) is 1.93. The zero-order chi connectivity index (χ0) is 25.6. The molecule has 11 heteroatoms. The molecule has 3 aromatic rings. The average Bonchev–Trinajstić information content (AvgIpc) is 3.51. The number of fused-ring (bicyclic) bond motifs is 6. The van der Waals surface area contributed by atoms with Gasteiger partial charge >= 0.3 is 0 Å². The van der Waals surface area contributed by atoms with Gasteiger partial charge < -0.3 is 0 Å². The highest BCUT2D eigenvalue weighted by Gasteiger charge is 2.54. The molecule has 1 atom stereocenters. The van der Waals surface area contributed by atoms with Crippen molar-refractivity contribution in [3.8, 4) is 0 Å². The van der Waals surface area contributed by atoms with Crippen LogP contribution in [0.5, 0.6) is 0 Å². The molecule has 5 aliphatic carbocycles. The fourth-order valence-electron chi connectivity index (χ4n) is 6.48. The number of sulfone groups is 1. The first-order valence-electron chi connectivity index (χ1n) is 12.9. The maximum Gasteiger partial charge on any atom is 0.214 e. The first-order valence-corrected chi connectivity index (χ1v) is 16.0. The number of hydrogen-bond donors (Lipinski definition) is 1. The van der Waals surface area contributed by atoms with E-state index in [0.29, 0.717) is 17.0 Å². The molecule has 2 aromatic heterocycles. The first kappa shape index (κ1) is 23.5. The van der Waals surface area contributed by atoms with E-state index in [2.05, 4.69) is 19.9 Å². The van der Waals surface area contributed by atoms with Gasteiger partial charge in [0.2, 0.25) is 10.0 Å². The van der Waals surface area contributed by atoms with Crippen LogP contribution in [0.2, 0.25) is 0 Å². The van der Waals surface area contributed by atoms with Crippen molar-refractivity contribution in [1.29, 1.82) is 0 Å². The minimum Gasteiger partial charge on any atom is -0.276 e. The zero-order valence-electron chi connectivity index (χ0n) is 20.6. The van der Waals surface area contributed by atoms with Gasteiger partial charge in [-0.25, -0.2) is 21.6 Å². The Morgan fingerprint density at radius 2 is 1.62 bits per heavy atom. The molecule has 0 spiro atoms. The van der Waals surface area contributed by atoms with Crippen LogP contribution in [0.25, 0.3) is 11.7 Å². The Balaban J connectivity index is 1.23. The molecule has 5 aliphatic rings. The summed E-state index contributed by atoms with van der Waals surface area (Å²) >= 11 is 0. The van der Waals surface area contributed by atoms with E-state index in [9.17, 15) is 16.8 Å². The Hall–Kier alpha value is -2.63. The molecular weight excluding hydrogens is 510 g/mol. The number of aryl methyl sites for hydroxylation is 1. The molecule has 2 heterocycles. The van der Waals surface area contributed by atoms with Crippen LogP contribution in [-0.4, -0.2) is 47.2 Å². The van der Waals surface area contributed by atoms with Gasteiger partial charge in [0.15, 0.2) is 15.5 Å². The summed E-state index contributed by atoms with van der Waals surface area (Å²) in [6, 6.07) is 6.89. The summed E-state index contributed by atoms with van der Waals surface area (Å²) in [5, 5.41) is 7.92. The van der Waals surface area contributed by atoms with Crippen molar-refractivity contribution in [3.05, 3.63) is 59.3 Å². The normalized spacial score (nSPS) is 29.2. The third kappa shape index (κ3) is 3.54. The van der Waals surface area contributed by atoms with Gasteiger partial charge in [-0.15, -0.1) is 10.2 Å². The second-order valence-electron chi connectivity index (χ2n) is 11.3. The molecule has 4 fully saturated rings. The second kappa shape index (κ2) is 7.70. The van der Waals surface area contributed by atoms with Gasteiger partial charge in [0.25, 0.3) is 0 Å².